The number of likely N-dealkylation sites (tertiary alicyclic amines) is 1. The van der Waals surface area contributed by atoms with Crippen molar-refractivity contribution in [2.45, 2.75) is 52.0 Å². The van der Waals surface area contributed by atoms with Gasteiger partial charge in [0.1, 0.15) is 18.2 Å². The van der Waals surface area contributed by atoms with Crippen molar-refractivity contribution in [2.24, 2.45) is 0 Å². The number of aryl methyl sites for hydroxylation is 1. The number of ether oxygens (including phenoxy) is 1. The average molecular weight is 441 g/mol. The zero-order valence-electron chi connectivity index (χ0n) is 17.7. The fourth-order valence-corrected chi connectivity index (χ4v) is 5.40. The molecule has 4 heterocycles. The highest BCUT2D eigenvalue weighted by Crippen LogP contribution is 2.29. The largest absolute Gasteiger partial charge is 0.473 e. The third-order valence-corrected chi connectivity index (χ3v) is 7.07. The molecule has 0 bridgehead atoms. The molecule has 6 nitrogen and oxygen atoms in total. The van der Waals surface area contributed by atoms with Crippen LogP contribution in [0.5, 0.6) is 5.88 Å². The molecule has 8 heteroatoms. The molecular weight excluding hydrogens is 415 g/mol. The van der Waals surface area contributed by atoms with Crippen LogP contribution in [0, 0.1) is 12.7 Å². The minimum Gasteiger partial charge on any atom is -0.473 e. The maximum Gasteiger partial charge on any atom is 0.213 e. The predicted molar refractivity (Wildman–Crippen MR) is 118 cm³/mol. The molecule has 31 heavy (non-hydrogen) atoms. The molecular formula is C23H25FN4O2S. The smallest absolute Gasteiger partial charge is 0.213 e. The fourth-order valence-electron chi connectivity index (χ4n) is 4.57. The van der Waals surface area contributed by atoms with Crippen LogP contribution in [0.1, 0.15) is 35.2 Å². The number of pyridine rings is 1. The lowest BCUT2D eigenvalue weighted by atomic mass is 10.1. The zero-order valence-corrected chi connectivity index (χ0v) is 18.5. The van der Waals surface area contributed by atoms with Gasteiger partial charge in [0.2, 0.25) is 5.88 Å². The summed E-state index contributed by atoms with van der Waals surface area (Å²) in [4.78, 5) is 24.3. The summed E-state index contributed by atoms with van der Waals surface area (Å²) in [5, 5.41) is 0.950. The van der Waals surface area contributed by atoms with E-state index >= 15 is 0 Å². The third kappa shape index (κ3) is 4.20. The average Bonchev–Trinajstić information content (AvgIpc) is 3.38. The molecule has 2 atom stereocenters. The van der Waals surface area contributed by atoms with Gasteiger partial charge in [-0.15, -0.1) is 11.3 Å². The van der Waals surface area contributed by atoms with Gasteiger partial charge >= 0.3 is 0 Å². The molecule has 0 aliphatic carbocycles. The van der Waals surface area contributed by atoms with E-state index in [1.54, 1.807) is 6.07 Å². The van der Waals surface area contributed by atoms with E-state index in [0.29, 0.717) is 31.1 Å². The summed E-state index contributed by atoms with van der Waals surface area (Å²) in [6, 6.07) is 7.72. The molecule has 2 aromatic heterocycles. The van der Waals surface area contributed by atoms with Crippen molar-refractivity contribution in [3.05, 3.63) is 51.9 Å². The van der Waals surface area contributed by atoms with E-state index in [2.05, 4.69) is 26.7 Å². The number of thiazole rings is 1. The number of carbonyl (C=O) groups is 1. The SMILES string of the molecule is Cc1nc2cc(CN3C[C@@H](Oc4ccc5c(n4)CN(CC=O)C5)C[C@@H]3C)c(F)cc2s1. The van der Waals surface area contributed by atoms with Gasteiger partial charge in [0.15, 0.2) is 0 Å². The van der Waals surface area contributed by atoms with Crippen LogP contribution in [0.3, 0.4) is 0 Å². The molecule has 162 valence electrons. The Kier molecular flexibility index (Phi) is 5.45. The molecule has 1 saturated heterocycles. The van der Waals surface area contributed by atoms with Gasteiger partial charge in [-0.3, -0.25) is 9.80 Å². The second-order valence-corrected chi connectivity index (χ2v) is 9.72. The van der Waals surface area contributed by atoms with Crippen LogP contribution < -0.4 is 4.74 Å². The number of fused-ring (bicyclic) bond motifs is 2. The second kappa shape index (κ2) is 8.26. The molecule has 0 radical (unpaired) electrons. The van der Waals surface area contributed by atoms with Gasteiger partial charge in [0, 0.05) is 50.3 Å². The van der Waals surface area contributed by atoms with Gasteiger partial charge in [-0.2, -0.15) is 0 Å². The molecule has 1 aromatic carbocycles. The Morgan fingerprint density at radius 3 is 3.00 bits per heavy atom. The van der Waals surface area contributed by atoms with Crippen LogP contribution in [0.25, 0.3) is 10.2 Å². The monoisotopic (exact) mass is 440 g/mol. The number of rotatable bonds is 6. The van der Waals surface area contributed by atoms with Gasteiger partial charge in [0.25, 0.3) is 0 Å². The van der Waals surface area contributed by atoms with Crippen LogP contribution in [-0.2, 0) is 24.4 Å². The lowest BCUT2D eigenvalue weighted by molar-refractivity contribution is -0.108. The number of hydrogen-bond donors (Lipinski definition) is 0. The van der Waals surface area contributed by atoms with E-state index < -0.39 is 0 Å². The van der Waals surface area contributed by atoms with Gasteiger partial charge in [-0.1, -0.05) is 6.07 Å². The molecule has 1 fully saturated rings. The number of nitrogens with zero attached hydrogens (tertiary/aromatic N) is 4. The molecule has 0 amide bonds. The highest BCUT2D eigenvalue weighted by Gasteiger charge is 2.31. The molecule has 0 spiro atoms. The summed E-state index contributed by atoms with van der Waals surface area (Å²) in [5.41, 5.74) is 3.68. The molecule has 2 aliphatic rings. The summed E-state index contributed by atoms with van der Waals surface area (Å²) in [5.74, 6) is 0.448. The molecule has 0 saturated carbocycles. The Labute approximate surface area is 184 Å². The topological polar surface area (TPSA) is 58.6 Å². The lowest BCUT2D eigenvalue weighted by Crippen LogP contribution is -2.28. The molecule has 2 aliphatic heterocycles. The summed E-state index contributed by atoms with van der Waals surface area (Å²) in [7, 11) is 0. The molecule has 0 N–H and O–H groups in total. The van der Waals surface area contributed by atoms with E-state index in [4.69, 9.17) is 4.74 Å². The standard InChI is InChI=1S/C23H25FN4O2S/c1-14-7-18(30-23-4-3-16-10-27(5-6-29)13-21(16)26-23)12-28(14)11-17-8-20-22(9-19(17)24)31-15(2)25-20/h3-4,6,8-9,14,18H,5,7,10-13H2,1-2H3/t14-,18-/m0/s1. The van der Waals surface area contributed by atoms with Crippen molar-refractivity contribution in [3.63, 3.8) is 0 Å². The van der Waals surface area contributed by atoms with E-state index in [-0.39, 0.29) is 18.0 Å². The number of halogens is 1. The fraction of sp³-hybridized carbons (Fsp3) is 0.435. The van der Waals surface area contributed by atoms with Crippen LogP contribution in [0.2, 0.25) is 0 Å². The van der Waals surface area contributed by atoms with Crippen LogP contribution in [-0.4, -0.2) is 51.3 Å². The number of aldehydes is 1. The summed E-state index contributed by atoms with van der Waals surface area (Å²) in [6.45, 7) is 7.22. The van der Waals surface area contributed by atoms with Crippen LogP contribution in [0.15, 0.2) is 24.3 Å². The van der Waals surface area contributed by atoms with Crippen molar-refractivity contribution >= 4 is 27.8 Å². The summed E-state index contributed by atoms with van der Waals surface area (Å²) >= 11 is 1.52. The maximum atomic E-state index is 14.7. The summed E-state index contributed by atoms with van der Waals surface area (Å²) in [6.07, 6.45) is 1.81. The summed E-state index contributed by atoms with van der Waals surface area (Å²) < 4.78 is 21.7. The Morgan fingerprint density at radius 1 is 1.29 bits per heavy atom. The first-order valence-electron chi connectivity index (χ1n) is 10.6. The van der Waals surface area contributed by atoms with E-state index in [1.807, 2.05) is 25.1 Å². The van der Waals surface area contributed by atoms with Crippen molar-refractivity contribution in [1.82, 2.24) is 19.8 Å². The number of hydrogen-bond acceptors (Lipinski definition) is 7. The highest BCUT2D eigenvalue weighted by atomic mass is 32.1. The van der Waals surface area contributed by atoms with E-state index in [0.717, 1.165) is 52.3 Å². The quantitative estimate of drug-likeness (QED) is 0.545. The Hall–Kier alpha value is -2.42. The Morgan fingerprint density at radius 2 is 2.16 bits per heavy atom. The number of carbonyl (C=O) groups excluding carboxylic acids is 1. The second-order valence-electron chi connectivity index (χ2n) is 8.49. The van der Waals surface area contributed by atoms with E-state index in [9.17, 15) is 9.18 Å². The molecule has 5 rings (SSSR count). The minimum absolute atomic E-state index is 0.0151. The number of aromatic nitrogens is 2. The van der Waals surface area contributed by atoms with Crippen molar-refractivity contribution in [2.75, 3.05) is 13.1 Å². The van der Waals surface area contributed by atoms with Gasteiger partial charge in [0.05, 0.1) is 27.5 Å². The highest BCUT2D eigenvalue weighted by molar-refractivity contribution is 7.18. The normalized spacial score (nSPS) is 21.6. The van der Waals surface area contributed by atoms with Crippen molar-refractivity contribution in [1.29, 1.82) is 0 Å². The van der Waals surface area contributed by atoms with Gasteiger partial charge in [-0.25, -0.2) is 14.4 Å². The first kappa shape index (κ1) is 20.5. The van der Waals surface area contributed by atoms with Gasteiger partial charge < -0.3 is 9.53 Å². The van der Waals surface area contributed by atoms with E-state index in [1.165, 1.54) is 11.3 Å². The first-order valence-corrected chi connectivity index (χ1v) is 11.4. The maximum absolute atomic E-state index is 14.7. The third-order valence-electron chi connectivity index (χ3n) is 6.13. The predicted octanol–water partition coefficient (Wildman–Crippen LogP) is 3.70. The van der Waals surface area contributed by atoms with Crippen molar-refractivity contribution < 1.29 is 13.9 Å². The van der Waals surface area contributed by atoms with Crippen LogP contribution in [0.4, 0.5) is 4.39 Å². The molecule has 3 aromatic rings. The van der Waals surface area contributed by atoms with Gasteiger partial charge in [-0.05, 0) is 31.5 Å². The number of benzene rings is 1. The zero-order chi connectivity index (χ0) is 21.5. The molecule has 0 unspecified atom stereocenters. The first-order chi connectivity index (χ1) is 15.0. The van der Waals surface area contributed by atoms with Crippen molar-refractivity contribution in [3.8, 4) is 5.88 Å². The Balaban J connectivity index is 1.25. The van der Waals surface area contributed by atoms with Crippen LogP contribution >= 0.6 is 11.3 Å². The lowest BCUT2D eigenvalue weighted by Gasteiger charge is -2.21. The Bertz CT molecular complexity index is 1130. The minimum atomic E-state index is -0.173.